The molecule has 0 saturated carbocycles. The fraction of sp³-hybridized carbons (Fsp3) is 0. The van der Waals surface area contributed by atoms with Crippen LogP contribution in [0, 0.1) is 77.6 Å². The van der Waals surface area contributed by atoms with E-state index in [2.05, 4.69) is 0 Å². The van der Waals surface area contributed by atoms with Gasteiger partial charge in [-0.2, -0.15) is 0 Å². The molecule has 0 fully saturated rings. The van der Waals surface area contributed by atoms with Gasteiger partial charge >= 0.3 is 46.9 Å². The monoisotopic (exact) mass is 406 g/mol. The van der Waals surface area contributed by atoms with Crippen molar-refractivity contribution in [2.24, 2.45) is 0 Å². The molecule has 0 aromatic heterocycles. The van der Waals surface area contributed by atoms with Gasteiger partial charge in [-0.15, -0.1) is 0 Å². The Morgan fingerprint density at radius 1 is 0.533 bits per heavy atom. The summed E-state index contributed by atoms with van der Waals surface area (Å²) in [5, 5.41) is 29.5. The molecule has 14 nitrogen and oxygen atoms in total. The van der Waals surface area contributed by atoms with Crippen LogP contribution in [0.5, 0.6) is 0 Å². The summed E-state index contributed by atoms with van der Waals surface area (Å²) in [6.45, 7) is 0. The van der Waals surface area contributed by atoms with Crippen molar-refractivity contribution in [3.8, 4) is 0 Å². The maximum Gasteiger partial charge on any atom is 2.00 e. The van der Waals surface area contributed by atoms with Crippen LogP contribution in [-0.4, -0.2) is 43.0 Å². The SMILES string of the molecule is O.O.O.O.O.O.O=[N+]([O-])[O-].O=[N+]([O-])[O-].[Yb+2]. The molecule has 15 heavy (non-hydrogen) atoms. The van der Waals surface area contributed by atoms with Crippen LogP contribution >= 0.6 is 0 Å². The van der Waals surface area contributed by atoms with Gasteiger partial charge in [-0.3, -0.25) is 0 Å². The maximum absolute atomic E-state index is 8.25. The summed E-state index contributed by atoms with van der Waals surface area (Å²) in [6.07, 6.45) is 0. The van der Waals surface area contributed by atoms with Crippen LogP contribution in [0.4, 0.5) is 0 Å². The largest absolute Gasteiger partial charge is 2.00 e. The average Bonchev–Trinajstić information content (AvgIpc) is 1.25. The van der Waals surface area contributed by atoms with Gasteiger partial charge in [-0.1, -0.05) is 0 Å². The minimum atomic E-state index is -1.75. The van der Waals surface area contributed by atoms with Gasteiger partial charge in [0.25, 0.3) is 0 Å². The Kier molecular flexibility index (Phi) is 387. The summed E-state index contributed by atoms with van der Waals surface area (Å²) in [6, 6.07) is 0. The third kappa shape index (κ3) is 18200. The minimum Gasteiger partial charge on any atom is -0.412 e. The summed E-state index contributed by atoms with van der Waals surface area (Å²) in [5.74, 6) is 0. The molecule has 12 N–H and O–H groups in total. The second-order valence-corrected chi connectivity index (χ2v) is 0.447. The smallest absolute Gasteiger partial charge is 0.412 e. The van der Waals surface area contributed by atoms with Crippen LogP contribution in [0.2, 0.25) is 0 Å². The molecule has 0 aliphatic rings. The van der Waals surface area contributed by atoms with Crippen LogP contribution in [0.1, 0.15) is 0 Å². The molecule has 15 heteroatoms. The van der Waals surface area contributed by atoms with Gasteiger partial charge in [0.05, 0.1) is 10.2 Å². The van der Waals surface area contributed by atoms with Gasteiger partial charge in [-0.05, 0) is 0 Å². The molecule has 108 valence electrons. The predicted molar refractivity (Wildman–Crippen MR) is 42.4 cm³/mol. The summed E-state index contributed by atoms with van der Waals surface area (Å²) in [5.41, 5.74) is 0. The first-order valence-corrected chi connectivity index (χ1v) is 1.10. The van der Waals surface area contributed by atoms with Crippen molar-refractivity contribution in [3.05, 3.63) is 30.6 Å². The molecule has 0 rings (SSSR count). The van der Waals surface area contributed by atoms with Gasteiger partial charge in [0.1, 0.15) is 0 Å². The number of hydrogen-bond acceptors (Lipinski definition) is 6. The summed E-state index contributed by atoms with van der Waals surface area (Å²) in [4.78, 5) is 16.5. The summed E-state index contributed by atoms with van der Waals surface area (Å²) >= 11 is 0. The van der Waals surface area contributed by atoms with E-state index in [9.17, 15) is 0 Å². The van der Waals surface area contributed by atoms with Gasteiger partial charge in [0.15, 0.2) is 0 Å². The third-order valence-corrected chi connectivity index (χ3v) is 0. The molecule has 0 saturated heterocycles. The fourth-order valence-corrected chi connectivity index (χ4v) is 0. The molecule has 0 aromatic carbocycles. The van der Waals surface area contributed by atoms with E-state index in [1.807, 2.05) is 0 Å². The molecule has 0 atom stereocenters. The van der Waals surface area contributed by atoms with Crippen LogP contribution < -0.4 is 0 Å². The van der Waals surface area contributed by atoms with E-state index in [4.69, 9.17) is 30.6 Å². The normalized spacial score (nSPS) is 3.20. The van der Waals surface area contributed by atoms with E-state index >= 15 is 0 Å². The molecule has 0 unspecified atom stereocenters. The average molecular weight is 405 g/mol. The van der Waals surface area contributed by atoms with E-state index in [0.717, 1.165) is 0 Å². The summed E-state index contributed by atoms with van der Waals surface area (Å²) in [7, 11) is 0. The van der Waals surface area contributed by atoms with Crippen LogP contribution in [0.3, 0.4) is 0 Å². The van der Waals surface area contributed by atoms with Gasteiger partial charge in [0, 0.05) is 0 Å². The van der Waals surface area contributed by atoms with Gasteiger partial charge < -0.3 is 63.5 Å². The van der Waals surface area contributed by atoms with Crippen molar-refractivity contribution in [1.29, 1.82) is 0 Å². The Hall–Kier alpha value is -0.321. The van der Waals surface area contributed by atoms with E-state index in [1.165, 1.54) is 0 Å². The van der Waals surface area contributed by atoms with Crippen molar-refractivity contribution >= 4 is 0 Å². The zero-order valence-electron chi connectivity index (χ0n) is 6.61. The van der Waals surface area contributed by atoms with Crippen molar-refractivity contribution < 1.29 is 90.0 Å². The van der Waals surface area contributed by atoms with E-state index < -0.39 is 10.2 Å². The third-order valence-electron chi connectivity index (χ3n) is 0. The first-order chi connectivity index (χ1) is 3.46. The molecule has 0 spiro atoms. The Balaban J connectivity index is -0.00000000468. The van der Waals surface area contributed by atoms with Gasteiger partial charge in [-0.25, -0.2) is 0 Å². The molecule has 0 heterocycles. The second-order valence-electron chi connectivity index (χ2n) is 0.447. The van der Waals surface area contributed by atoms with Crippen LogP contribution in [0.15, 0.2) is 0 Å². The van der Waals surface area contributed by atoms with Gasteiger partial charge in [0.2, 0.25) is 0 Å². The molecular weight excluding hydrogens is 393 g/mol. The van der Waals surface area contributed by atoms with Crippen molar-refractivity contribution in [2.45, 2.75) is 0 Å². The molecule has 0 bridgehead atoms. The zero-order valence-corrected chi connectivity index (χ0v) is 8.33. The number of hydrogen-bond donors (Lipinski definition) is 0. The van der Waals surface area contributed by atoms with E-state index in [-0.39, 0.29) is 79.8 Å². The Morgan fingerprint density at radius 2 is 0.533 bits per heavy atom. The fourth-order valence-electron chi connectivity index (χ4n) is 0. The van der Waals surface area contributed by atoms with Crippen molar-refractivity contribution in [2.75, 3.05) is 0 Å². The molecule has 0 aliphatic carbocycles. The number of rotatable bonds is 0. The molecular formula is H12N2O12Yb. The van der Waals surface area contributed by atoms with Crippen LogP contribution in [0.25, 0.3) is 0 Å². The van der Waals surface area contributed by atoms with Crippen LogP contribution in [-0.2, 0) is 0 Å². The first kappa shape index (κ1) is 85.2. The Bertz CT molecular complexity index is 71.6. The summed E-state index contributed by atoms with van der Waals surface area (Å²) < 4.78 is 0. The molecule has 0 aliphatic heterocycles. The standard InChI is InChI=1S/2NO3.6H2O.Yb/c2*2-1(3)4;;;;;;;/h;;6*1H2;/q2*-1;;;;;;;+2. The maximum atomic E-state index is 8.25. The van der Waals surface area contributed by atoms with Crippen molar-refractivity contribution in [1.82, 2.24) is 0 Å². The van der Waals surface area contributed by atoms with E-state index in [1.54, 1.807) is 0 Å². The van der Waals surface area contributed by atoms with Crippen molar-refractivity contribution in [3.63, 3.8) is 0 Å². The Labute approximate surface area is 120 Å². The minimum absolute atomic E-state index is 0. The zero-order chi connectivity index (χ0) is 7.15. The quantitative estimate of drug-likeness (QED) is 0.279. The first-order valence-electron chi connectivity index (χ1n) is 1.10. The molecule has 0 radical (unpaired) electrons. The number of nitrogens with zero attached hydrogens (tertiary/aromatic N) is 2. The predicted octanol–water partition coefficient (Wildman–Crippen LogP) is -5.43. The second kappa shape index (κ2) is 68.2. The van der Waals surface area contributed by atoms with E-state index in [0.29, 0.717) is 0 Å². The Morgan fingerprint density at radius 3 is 0.533 bits per heavy atom. The molecule has 0 amide bonds. The topological polar surface area (TPSA) is 321 Å². The molecule has 0 aromatic rings.